The van der Waals surface area contributed by atoms with Gasteiger partial charge in [-0.05, 0) is 19.1 Å². The molecule has 2 rings (SSSR count). The molecule has 6 heteroatoms. The van der Waals surface area contributed by atoms with Crippen LogP contribution in [0.4, 0.5) is 5.69 Å². The van der Waals surface area contributed by atoms with Crippen molar-refractivity contribution in [3.63, 3.8) is 0 Å². The Balaban J connectivity index is 2.49. The third kappa shape index (κ3) is 4.37. The van der Waals surface area contributed by atoms with Crippen LogP contribution in [0.5, 0.6) is 0 Å². The zero-order chi connectivity index (χ0) is 18.2. The first-order valence-corrected chi connectivity index (χ1v) is 7.37. The van der Waals surface area contributed by atoms with Gasteiger partial charge in [-0.2, -0.15) is 15.6 Å². The molecule has 2 aromatic carbocycles. The summed E-state index contributed by atoms with van der Waals surface area (Å²) in [7, 11) is 0. The van der Waals surface area contributed by atoms with Gasteiger partial charge in [-0.1, -0.05) is 48.0 Å². The molecule has 0 aromatic heterocycles. The van der Waals surface area contributed by atoms with Crippen LogP contribution in [0.25, 0.3) is 5.76 Å². The Morgan fingerprint density at radius 1 is 1.04 bits per heavy atom. The number of aliphatic hydroxyl groups excluding tert-OH is 1. The molecule has 25 heavy (non-hydrogen) atoms. The Morgan fingerprint density at radius 3 is 2.20 bits per heavy atom. The van der Waals surface area contributed by atoms with Crippen LogP contribution in [0.2, 0.25) is 0 Å². The lowest BCUT2D eigenvalue weighted by molar-refractivity contribution is -0.116. The van der Waals surface area contributed by atoms with Gasteiger partial charge in [-0.25, -0.2) is 0 Å². The molecule has 0 spiro atoms. The van der Waals surface area contributed by atoms with Crippen molar-refractivity contribution in [2.24, 2.45) is 16.1 Å². The number of aliphatic hydroxyl groups is 1. The van der Waals surface area contributed by atoms with Gasteiger partial charge < -0.3 is 5.11 Å². The highest BCUT2D eigenvalue weighted by molar-refractivity contribution is 6.04. The summed E-state index contributed by atoms with van der Waals surface area (Å²) >= 11 is 0. The molecule has 0 saturated carbocycles. The van der Waals surface area contributed by atoms with E-state index < -0.39 is 23.2 Å². The van der Waals surface area contributed by atoms with Crippen molar-refractivity contribution in [2.45, 2.75) is 6.92 Å². The second kappa shape index (κ2) is 8.19. The molecule has 0 fully saturated rings. The van der Waals surface area contributed by atoms with Crippen LogP contribution in [0, 0.1) is 35.5 Å². The summed E-state index contributed by atoms with van der Waals surface area (Å²) in [5, 5.41) is 36.0. The largest absolute Gasteiger partial charge is 0.505 e. The number of azo groups is 1. The number of ketones is 1. The van der Waals surface area contributed by atoms with E-state index in [-0.39, 0.29) is 0 Å². The Kier molecular flexibility index (Phi) is 5.76. The number of allylic oxidation sites excluding steroid dienone is 1. The monoisotopic (exact) mass is 330 g/mol. The Bertz CT molecular complexity index is 887. The van der Waals surface area contributed by atoms with Gasteiger partial charge in [0.15, 0.2) is 17.4 Å². The number of rotatable bonds is 5. The van der Waals surface area contributed by atoms with Crippen LogP contribution in [0.3, 0.4) is 0 Å². The maximum Gasteiger partial charge on any atom is 0.218 e. The lowest BCUT2D eigenvalue weighted by atomic mass is 10.0. The van der Waals surface area contributed by atoms with Crippen molar-refractivity contribution >= 4 is 17.2 Å². The third-order valence-corrected chi connectivity index (χ3v) is 3.32. The molecule has 0 amide bonds. The van der Waals surface area contributed by atoms with Crippen molar-refractivity contribution in [3.8, 4) is 12.1 Å². The van der Waals surface area contributed by atoms with E-state index in [1.54, 1.807) is 54.6 Å². The quantitative estimate of drug-likeness (QED) is 0.502. The minimum absolute atomic E-state index is 0.336. The predicted octanol–water partition coefficient (Wildman–Crippen LogP) is 4.24. The van der Waals surface area contributed by atoms with E-state index in [1.165, 1.54) is 0 Å². The van der Waals surface area contributed by atoms with Gasteiger partial charge in [0.2, 0.25) is 5.78 Å². The number of benzene rings is 2. The summed E-state index contributed by atoms with van der Waals surface area (Å²) in [6.45, 7) is 1.92. The predicted molar refractivity (Wildman–Crippen MR) is 91.4 cm³/mol. The number of carbonyl (C=O) groups excluding carboxylic acids is 1. The van der Waals surface area contributed by atoms with Crippen LogP contribution < -0.4 is 0 Å². The zero-order valence-corrected chi connectivity index (χ0v) is 13.4. The first-order chi connectivity index (χ1) is 12.1. The molecule has 0 radical (unpaired) electrons. The number of Topliss-reactive ketones (excluding diaryl/α,β-unsaturated/α-hetero) is 1. The minimum Gasteiger partial charge on any atom is -0.505 e. The lowest BCUT2D eigenvalue weighted by Gasteiger charge is -2.05. The summed E-state index contributed by atoms with van der Waals surface area (Å²) in [6.07, 6.45) is 0. The summed E-state index contributed by atoms with van der Waals surface area (Å²) in [4.78, 5) is 12.4. The van der Waals surface area contributed by atoms with Crippen molar-refractivity contribution < 1.29 is 9.90 Å². The lowest BCUT2D eigenvalue weighted by Crippen LogP contribution is -2.13. The molecule has 122 valence electrons. The summed E-state index contributed by atoms with van der Waals surface area (Å²) < 4.78 is 0. The second-order valence-electron chi connectivity index (χ2n) is 5.15. The smallest absolute Gasteiger partial charge is 0.218 e. The summed E-state index contributed by atoms with van der Waals surface area (Å²) in [5.74, 6) is -2.91. The first-order valence-electron chi connectivity index (χ1n) is 7.37. The number of nitrogens with zero attached hydrogens (tertiary/aromatic N) is 4. The zero-order valence-electron chi connectivity index (χ0n) is 13.4. The highest BCUT2D eigenvalue weighted by atomic mass is 16.3. The molecule has 0 aliphatic rings. The van der Waals surface area contributed by atoms with Gasteiger partial charge in [0, 0.05) is 5.56 Å². The van der Waals surface area contributed by atoms with E-state index in [0.717, 1.165) is 5.56 Å². The van der Waals surface area contributed by atoms with Gasteiger partial charge in [0.25, 0.3) is 0 Å². The van der Waals surface area contributed by atoms with Gasteiger partial charge in [0.05, 0.1) is 17.8 Å². The fourth-order valence-electron chi connectivity index (χ4n) is 1.95. The van der Waals surface area contributed by atoms with Gasteiger partial charge >= 0.3 is 0 Å². The van der Waals surface area contributed by atoms with Crippen molar-refractivity contribution in [3.05, 3.63) is 71.4 Å². The highest BCUT2D eigenvalue weighted by Gasteiger charge is 2.25. The number of hydrogen-bond acceptors (Lipinski definition) is 6. The molecule has 2 aromatic rings. The van der Waals surface area contributed by atoms with Crippen LogP contribution in [-0.2, 0) is 4.79 Å². The molecule has 0 aliphatic heterocycles. The standard InChI is InChI=1S/C19H14N4O2/c1-13-7-9-16(10-8-13)22-23-17(19(25)15(11-20)12-21)18(24)14-5-3-2-4-6-14/h2-10,15,24H,1H3/b18-17+,23-22?. The topological polar surface area (TPSA) is 110 Å². The normalized spacial score (nSPS) is 11.7. The van der Waals surface area contributed by atoms with Gasteiger partial charge in [0.1, 0.15) is 0 Å². The highest BCUT2D eigenvalue weighted by Crippen LogP contribution is 2.22. The van der Waals surface area contributed by atoms with Gasteiger partial charge in [-0.15, -0.1) is 5.11 Å². The molecule has 0 saturated heterocycles. The first kappa shape index (κ1) is 17.6. The van der Waals surface area contributed by atoms with Crippen LogP contribution in [0.15, 0.2) is 70.5 Å². The van der Waals surface area contributed by atoms with Gasteiger partial charge in [-0.3, -0.25) is 4.79 Å². The van der Waals surface area contributed by atoms with E-state index >= 15 is 0 Å². The Hall–Kier alpha value is -3.77. The summed E-state index contributed by atoms with van der Waals surface area (Å²) in [6, 6.07) is 18.5. The molecule has 0 atom stereocenters. The van der Waals surface area contributed by atoms with E-state index in [4.69, 9.17) is 10.5 Å². The SMILES string of the molecule is Cc1ccc(N=N/C(C(=O)C(C#N)C#N)=C(/O)c2ccccc2)cc1. The molecule has 6 nitrogen and oxygen atoms in total. The van der Waals surface area contributed by atoms with Crippen molar-refractivity contribution in [1.82, 2.24) is 0 Å². The molecule has 0 bridgehead atoms. The molecule has 0 heterocycles. The average molecular weight is 330 g/mol. The van der Waals surface area contributed by atoms with E-state index in [9.17, 15) is 9.90 Å². The molecule has 0 unspecified atom stereocenters. The van der Waals surface area contributed by atoms with Crippen LogP contribution >= 0.6 is 0 Å². The Labute approximate surface area is 145 Å². The number of aryl methyl sites for hydroxylation is 1. The van der Waals surface area contributed by atoms with E-state index in [0.29, 0.717) is 11.3 Å². The second-order valence-corrected chi connectivity index (χ2v) is 5.15. The fraction of sp³-hybridized carbons (Fsp3) is 0.105. The van der Waals surface area contributed by atoms with Crippen molar-refractivity contribution in [2.75, 3.05) is 0 Å². The maximum absolute atomic E-state index is 12.4. The van der Waals surface area contributed by atoms with Crippen LogP contribution in [0.1, 0.15) is 11.1 Å². The molecule has 0 aliphatic carbocycles. The molecule has 1 N–H and O–H groups in total. The fourth-order valence-corrected chi connectivity index (χ4v) is 1.95. The number of nitriles is 2. The van der Waals surface area contributed by atoms with E-state index in [1.807, 2.05) is 19.1 Å². The minimum atomic E-state index is -1.57. The number of carbonyl (C=O) groups is 1. The van der Waals surface area contributed by atoms with E-state index in [2.05, 4.69) is 10.2 Å². The van der Waals surface area contributed by atoms with Crippen LogP contribution in [-0.4, -0.2) is 10.9 Å². The van der Waals surface area contributed by atoms with Crippen molar-refractivity contribution in [1.29, 1.82) is 10.5 Å². The summed E-state index contributed by atoms with van der Waals surface area (Å²) in [5.41, 5.74) is 1.41. The number of hydrogen-bond donors (Lipinski definition) is 1. The molecular weight excluding hydrogens is 316 g/mol. The third-order valence-electron chi connectivity index (χ3n) is 3.32. The molecular formula is C19H14N4O2. The maximum atomic E-state index is 12.4. The Morgan fingerprint density at radius 2 is 1.64 bits per heavy atom. The average Bonchev–Trinajstić information content (AvgIpc) is 2.65.